The van der Waals surface area contributed by atoms with E-state index in [0.29, 0.717) is 5.92 Å². The molecule has 2 unspecified atom stereocenters. The maximum Gasteiger partial charge on any atom is 0.127 e. The van der Waals surface area contributed by atoms with Crippen molar-refractivity contribution in [1.29, 1.82) is 0 Å². The lowest BCUT2D eigenvalue weighted by Gasteiger charge is -2.28. The van der Waals surface area contributed by atoms with Crippen LogP contribution in [-0.4, -0.2) is 38.8 Å². The van der Waals surface area contributed by atoms with E-state index in [0.717, 1.165) is 42.2 Å². The van der Waals surface area contributed by atoms with Crippen molar-refractivity contribution in [2.45, 2.75) is 12.1 Å². The van der Waals surface area contributed by atoms with Gasteiger partial charge in [0.05, 0.1) is 26.4 Å². The Labute approximate surface area is 162 Å². The standard InChI is InChI=1S/C20H23BrN2O3/c1-24-18-7-6-14(19(9-18)25-2)10-23-11-16-12-26-22-20(16,13-23)15-4-3-5-17(21)8-15/h3-9,16,22H,10-13H2,1-2H3. The zero-order valence-corrected chi connectivity index (χ0v) is 16.6. The molecule has 2 atom stereocenters. The summed E-state index contributed by atoms with van der Waals surface area (Å²) in [6.45, 7) is 3.43. The van der Waals surface area contributed by atoms with Crippen LogP contribution in [0.2, 0.25) is 0 Å². The molecule has 0 spiro atoms. The van der Waals surface area contributed by atoms with Gasteiger partial charge in [0.2, 0.25) is 0 Å². The molecule has 2 fully saturated rings. The molecule has 4 rings (SSSR count). The molecule has 1 N–H and O–H groups in total. The number of likely N-dealkylation sites (tertiary alicyclic amines) is 1. The molecule has 0 radical (unpaired) electrons. The van der Waals surface area contributed by atoms with E-state index < -0.39 is 0 Å². The summed E-state index contributed by atoms with van der Waals surface area (Å²) < 4.78 is 12.0. The Balaban J connectivity index is 1.58. The fourth-order valence-corrected chi connectivity index (χ4v) is 4.49. The highest BCUT2D eigenvalue weighted by Crippen LogP contribution is 2.42. The molecule has 2 aliphatic rings. The van der Waals surface area contributed by atoms with E-state index in [1.807, 2.05) is 12.1 Å². The number of benzene rings is 2. The smallest absolute Gasteiger partial charge is 0.127 e. The molecule has 0 bridgehead atoms. The lowest BCUT2D eigenvalue weighted by Crippen LogP contribution is -2.43. The van der Waals surface area contributed by atoms with Gasteiger partial charge in [-0.2, -0.15) is 5.48 Å². The predicted molar refractivity (Wildman–Crippen MR) is 103 cm³/mol. The summed E-state index contributed by atoms with van der Waals surface area (Å²) in [5.41, 5.74) is 5.59. The Kier molecular flexibility index (Phi) is 4.92. The Bertz CT molecular complexity index is 800. The number of hydroxylamine groups is 1. The molecule has 0 saturated carbocycles. The average Bonchev–Trinajstić information content (AvgIpc) is 3.20. The molecule has 2 aromatic rings. The van der Waals surface area contributed by atoms with Gasteiger partial charge in [0.1, 0.15) is 11.5 Å². The molecule has 2 saturated heterocycles. The largest absolute Gasteiger partial charge is 0.497 e. The summed E-state index contributed by atoms with van der Waals surface area (Å²) in [6.07, 6.45) is 0. The average molecular weight is 419 g/mol. The molecular formula is C20H23BrN2O3. The van der Waals surface area contributed by atoms with Gasteiger partial charge >= 0.3 is 0 Å². The molecule has 6 heteroatoms. The maximum absolute atomic E-state index is 5.65. The first-order chi connectivity index (χ1) is 12.6. The number of ether oxygens (including phenoxy) is 2. The molecule has 2 aliphatic heterocycles. The van der Waals surface area contributed by atoms with Crippen LogP contribution in [0, 0.1) is 5.92 Å². The van der Waals surface area contributed by atoms with Gasteiger partial charge in [-0.15, -0.1) is 0 Å². The number of nitrogens with zero attached hydrogens (tertiary/aromatic N) is 1. The van der Waals surface area contributed by atoms with Crippen molar-refractivity contribution < 1.29 is 14.3 Å². The van der Waals surface area contributed by atoms with Crippen molar-refractivity contribution in [1.82, 2.24) is 10.4 Å². The zero-order valence-electron chi connectivity index (χ0n) is 15.0. The number of nitrogens with one attached hydrogen (secondary N) is 1. The van der Waals surface area contributed by atoms with E-state index in [-0.39, 0.29) is 5.54 Å². The number of fused-ring (bicyclic) bond motifs is 1. The summed E-state index contributed by atoms with van der Waals surface area (Å²) in [5.74, 6) is 2.09. The van der Waals surface area contributed by atoms with Gasteiger partial charge in [-0.25, -0.2) is 0 Å². The van der Waals surface area contributed by atoms with Crippen LogP contribution in [0.4, 0.5) is 0 Å². The van der Waals surface area contributed by atoms with Crippen LogP contribution < -0.4 is 15.0 Å². The van der Waals surface area contributed by atoms with Gasteiger partial charge in [-0.1, -0.05) is 34.1 Å². The molecule has 0 aliphatic carbocycles. The number of hydrogen-bond donors (Lipinski definition) is 1. The summed E-state index contributed by atoms with van der Waals surface area (Å²) >= 11 is 3.59. The van der Waals surface area contributed by atoms with E-state index in [1.54, 1.807) is 14.2 Å². The quantitative estimate of drug-likeness (QED) is 0.806. The van der Waals surface area contributed by atoms with Crippen LogP contribution in [0.25, 0.3) is 0 Å². The minimum absolute atomic E-state index is 0.163. The summed E-state index contributed by atoms with van der Waals surface area (Å²) in [7, 11) is 3.37. The van der Waals surface area contributed by atoms with Gasteiger partial charge in [-0.05, 0) is 23.8 Å². The van der Waals surface area contributed by atoms with E-state index >= 15 is 0 Å². The Morgan fingerprint density at radius 2 is 2.12 bits per heavy atom. The van der Waals surface area contributed by atoms with Crippen LogP contribution in [0.15, 0.2) is 46.9 Å². The first kappa shape index (κ1) is 17.8. The normalized spacial score (nSPS) is 25.3. The SMILES string of the molecule is COc1ccc(CN2CC3CONC3(c3cccc(Br)c3)C2)c(OC)c1. The third-order valence-corrected chi connectivity index (χ3v) is 5.91. The van der Waals surface area contributed by atoms with Crippen LogP contribution >= 0.6 is 15.9 Å². The lowest BCUT2D eigenvalue weighted by atomic mass is 9.83. The van der Waals surface area contributed by atoms with Gasteiger partial charge < -0.3 is 14.3 Å². The van der Waals surface area contributed by atoms with Crippen molar-refractivity contribution >= 4 is 15.9 Å². The van der Waals surface area contributed by atoms with E-state index in [9.17, 15) is 0 Å². The van der Waals surface area contributed by atoms with Crippen LogP contribution in [0.5, 0.6) is 11.5 Å². The van der Waals surface area contributed by atoms with Crippen LogP contribution in [-0.2, 0) is 16.9 Å². The second-order valence-corrected chi connectivity index (χ2v) is 7.85. The molecule has 2 heterocycles. The Morgan fingerprint density at radius 1 is 1.23 bits per heavy atom. The molecule has 5 nitrogen and oxygen atoms in total. The van der Waals surface area contributed by atoms with Crippen LogP contribution in [0.3, 0.4) is 0 Å². The highest BCUT2D eigenvalue weighted by Gasteiger charge is 2.52. The maximum atomic E-state index is 5.65. The second kappa shape index (κ2) is 7.19. The second-order valence-electron chi connectivity index (χ2n) is 6.94. The zero-order chi connectivity index (χ0) is 18.1. The van der Waals surface area contributed by atoms with E-state index in [4.69, 9.17) is 14.3 Å². The number of halogens is 1. The summed E-state index contributed by atoms with van der Waals surface area (Å²) in [6, 6.07) is 14.5. The fraction of sp³-hybridized carbons (Fsp3) is 0.400. The molecule has 2 aromatic carbocycles. The first-order valence-electron chi connectivity index (χ1n) is 8.73. The monoisotopic (exact) mass is 418 g/mol. The lowest BCUT2D eigenvalue weighted by molar-refractivity contribution is 0.0467. The Hall–Kier alpha value is -1.60. The van der Waals surface area contributed by atoms with Gasteiger partial charge in [-0.3, -0.25) is 4.90 Å². The minimum atomic E-state index is -0.163. The minimum Gasteiger partial charge on any atom is -0.497 e. The predicted octanol–water partition coefficient (Wildman–Crippen LogP) is 3.33. The van der Waals surface area contributed by atoms with Crippen molar-refractivity contribution in [3.63, 3.8) is 0 Å². The van der Waals surface area contributed by atoms with Crippen molar-refractivity contribution in [3.05, 3.63) is 58.1 Å². The Morgan fingerprint density at radius 3 is 2.88 bits per heavy atom. The van der Waals surface area contributed by atoms with Gasteiger partial charge in [0.15, 0.2) is 0 Å². The number of hydrogen-bond acceptors (Lipinski definition) is 5. The van der Waals surface area contributed by atoms with Crippen molar-refractivity contribution in [3.8, 4) is 11.5 Å². The number of rotatable bonds is 5. The van der Waals surface area contributed by atoms with E-state index in [2.05, 4.69) is 56.6 Å². The topological polar surface area (TPSA) is 43.0 Å². The summed E-state index contributed by atoms with van der Waals surface area (Å²) in [5, 5.41) is 0. The molecule has 0 aromatic heterocycles. The summed E-state index contributed by atoms with van der Waals surface area (Å²) in [4.78, 5) is 8.11. The fourth-order valence-electron chi connectivity index (χ4n) is 4.09. The highest BCUT2D eigenvalue weighted by atomic mass is 79.9. The molecule has 0 amide bonds. The third-order valence-electron chi connectivity index (χ3n) is 5.42. The van der Waals surface area contributed by atoms with Gasteiger partial charge in [0.25, 0.3) is 0 Å². The first-order valence-corrected chi connectivity index (χ1v) is 9.52. The van der Waals surface area contributed by atoms with Crippen molar-refractivity contribution in [2.24, 2.45) is 5.92 Å². The molecular weight excluding hydrogens is 396 g/mol. The molecule has 26 heavy (non-hydrogen) atoms. The highest BCUT2D eigenvalue weighted by molar-refractivity contribution is 9.10. The number of methoxy groups -OCH3 is 2. The molecule has 138 valence electrons. The third kappa shape index (κ3) is 3.11. The van der Waals surface area contributed by atoms with Crippen molar-refractivity contribution in [2.75, 3.05) is 33.9 Å². The van der Waals surface area contributed by atoms with E-state index in [1.165, 1.54) is 11.1 Å². The van der Waals surface area contributed by atoms with Gasteiger partial charge in [0, 0.05) is 41.7 Å². The van der Waals surface area contributed by atoms with Crippen LogP contribution in [0.1, 0.15) is 11.1 Å².